The molecule has 3 aromatic rings. The Morgan fingerprint density at radius 3 is 2.14 bits per heavy atom. The molecule has 0 spiro atoms. The van der Waals surface area contributed by atoms with Gasteiger partial charge >= 0.3 is 0 Å². The molecule has 196 valence electrons. The largest absolute Gasteiger partial charge is 0.493 e. The highest BCUT2D eigenvalue weighted by atomic mass is 32.2. The van der Waals surface area contributed by atoms with Gasteiger partial charge in [-0.3, -0.25) is 4.79 Å². The first-order valence-electron chi connectivity index (χ1n) is 11.7. The Labute approximate surface area is 216 Å². The molecule has 4 rings (SSSR count). The van der Waals surface area contributed by atoms with E-state index in [1.165, 1.54) is 49.9 Å². The van der Waals surface area contributed by atoms with Gasteiger partial charge in [-0.15, -0.1) is 0 Å². The summed E-state index contributed by atoms with van der Waals surface area (Å²) < 4.78 is 57.8. The lowest BCUT2D eigenvalue weighted by Crippen LogP contribution is -2.35. The van der Waals surface area contributed by atoms with Crippen LogP contribution < -0.4 is 19.5 Å². The zero-order valence-corrected chi connectivity index (χ0v) is 21.6. The Bertz CT molecular complexity index is 1320. The first-order chi connectivity index (χ1) is 17.8. The molecule has 0 radical (unpaired) electrons. The van der Waals surface area contributed by atoms with Crippen LogP contribution in [-0.2, 0) is 21.4 Å². The van der Waals surface area contributed by atoms with E-state index in [1.54, 1.807) is 42.5 Å². The minimum absolute atomic E-state index is 0.00615. The number of carbonyl (C=O) groups is 1. The summed E-state index contributed by atoms with van der Waals surface area (Å²) in [6.07, 6.45) is 0. The number of amides is 1. The van der Waals surface area contributed by atoms with Crippen molar-refractivity contribution in [3.05, 3.63) is 83.7 Å². The maximum atomic E-state index is 13.4. The summed E-state index contributed by atoms with van der Waals surface area (Å²) in [6.45, 7) is 0.265. The van der Waals surface area contributed by atoms with E-state index < -0.39 is 21.9 Å². The highest BCUT2D eigenvalue weighted by Crippen LogP contribution is 2.44. The van der Waals surface area contributed by atoms with Gasteiger partial charge in [0.1, 0.15) is 5.82 Å². The predicted octanol–water partition coefficient (Wildman–Crippen LogP) is 3.57. The second-order valence-corrected chi connectivity index (χ2v) is 10.6. The van der Waals surface area contributed by atoms with E-state index in [0.717, 1.165) is 5.56 Å². The number of ether oxygens (including phenoxy) is 3. The summed E-state index contributed by atoms with van der Waals surface area (Å²) in [6, 6.07) is 17.4. The predicted molar refractivity (Wildman–Crippen MR) is 136 cm³/mol. The highest BCUT2D eigenvalue weighted by Gasteiger charge is 2.44. The van der Waals surface area contributed by atoms with E-state index in [2.05, 4.69) is 5.32 Å². The van der Waals surface area contributed by atoms with Gasteiger partial charge in [-0.25, -0.2) is 12.8 Å². The van der Waals surface area contributed by atoms with Crippen LogP contribution in [0.4, 0.5) is 4.39 Å². The SMILES string of the molecule is COc1cc([C@@H]2CN(S(=O)(=O)c3ccccc3)C[C@H]2C(=O)NCc2ccc(F)cc2)cc(OC)c1OC. The maximum absolute atomic E-state index is 13.4. The molecule has 0 aromatic heterocycles. The van der Waals surface area contributed by atoms with Gasteiger partial charge in [-0.1, -0.05) is 30.3 Å². The van der Waals surface area contributed by atoms with Crippen LogP contribution >= 0.6 is 0 Å². The molecule has 1 amide bonds. The Balaban J connectivity index is 1.68. The van der Waals surface area contributed by atoms with Gasteiger partial charge < -0.3 is 19.5 Å². The molecular weight excluding hydrogens is 499 g/mol. The van der Waals surface area contributed by atoms with Gasteiger partial charge in [-0.05, 0) is 47.5 Å². The minimum atomic E-state index is -3.84. The standard InChI is InChI=1S/C27H29FN2O6S/c1-34-24-13-19(14-25(35-2)26(24)36-3)22-16-30(37(32,33)21-7-5-4-6-8-21)17-23(22)27(31)29-15-18-9-11-20(28)12-10-18/h4-14,22-23H,15-17H2,1-3H3,(H,29,31)/t22-,23+/m0/s1. The summed E-state index contributed by atoms with van der Waals surface area (Å²) in [5, 5.41) is 2.88. The normalized spacial score (nSPS) is 17.8. The van der Waals surface area contributed by atoms with E-state index in [0.29, 0.717) is 22.8 Å². The number of hydrogen-bond donors (Lipinski definition) is 1. The molecule has 0 bridgehead atoms. The Morgan fingerprint density at radius 1 is 0.946 bits per heavy atom. The number of nitrogens with zero attached hydrogens (tertiary/aromatic N) is 1. The van der Waals surface area contributed by atoms with Crippen molar-refractivity contribution in [1.82, 2.24) is 9.62 Å². The fraction of sp³-hybridized carbons (Fsp3) is 0.296. The van der Waals surface area contributed by atoms with Gasteiger partial charge in [0.05, 0.1) is 32.1 Å². The monoisotopic (exact) mass is 528 g/mol. The average Bonchev–Trinajstić information content (AvgIpc) is 3.39. The lowest BCUT2D eigenvalue weighted by Gasteiger charge is -2.21. The van der Waals surface area contributed by atoms with Crippen LogP contribution in [0.15, 0.2) is 71.6 Å². The van der Waals surface area contributed by atoms with Crippen molar-refractivity contribution >= 4 is 15.9 Å². The molecule has 1 N–H and O–H groups in total. The topological polar surface area (TPSA) is 94.2 Å². The van der Waals surface area contributed by atoms with Gasteiger partial charge in [0, 0.05) is 25.6 Å². The first kappa shape index (κ1) is 26.4. The van der Waals surface area contributed by atoms with Crippen LogP contribution in [0.2, 0.25) is 0 Å². The smallest absolute Gasteiger partial charge is 0.243 e. The summed E-state index contributed by atoms with van der Waals surface area (Å²) in [7, 11) is 0.648. The quantitative estimate of drug-likeness (QED) is 0.457. The van der Waals surface area contributed by atoms with Crippen LogP contribution in [0.3, 0.4) is 0 Å². The summed E-state index contributed by atoms with van der Waals surface area (Å²) in [5.74, 6) is -0.637. The van der Waals surface area contributed by atoms with Crippen molar-refractivity contribution in [1.29, 1.82) is 0 Å². The average molecular weight is 529 g/mol. The summed E-state index contributed by atoms with van der Waals surface area (Å²) in [5.41, 5.74) is 1.41. The Kier molecular flexibility index (Phi) is 7.99. The molecular formula is C27H29FN2O6S. The van der Waals surface area contributed by atoms with Crippen molar-refractivity contribution in [2.45, 2.75) is 17.4 Å². The molecule has 8 nitrogen and oxygen atoms in total. The number of carbonyl (C=O) groups excluding carboxylic acids is 1. The molecule has 0 unspecified atom stereocenters. The zero-order valence-electron chi connectivity index (χ0n) is 20.8. The zero-order chi connectivity index (χ0) is 26.6. The van der Waals surface area contributed by atoms with E-state index >= 15 is 0 Å². The third-order valence-corrected chi connectivity index (χ3v) is 8.35. The molecule has 1 heterocycles. The lowest BCUT2D eigenvalue weighted by molar-refractivity contribution is -0.125. The second kappa shape index (κ2) is 11.2. The van der Waals surface area contributed by atoms with Crippen LogP contribution in [0.1, 0.15) is 17.0 Å². The molecule has 0 aliphatic carbocycles. The molecule has 2 atom stereocenters. The third kappa shape index (κ3) is 5.55. The Morgan fingerprint density at radius 2 is 1.57 bits per heavy atom. The number of sulfonamides is 1. The second-order valence-electron chi connectivity index (χ2n) is 8.65. The number of methoxy groups -OCH3 is 3. The number of benzene rings is 3. The molecule has 0 saturated carbocycles. The molecule has 1 aliphatic rings. The highest BCUT2D eigenvalue weighted by molar-refractivity contribution is 7.89. The van der Waals surface area contributed by atoms with Crippen molar-refractivity contribution in [3.63, 3.8) is 0 Å². The maximum Gasteiger partial charge on any atom is 0.243 e. The van der Waals surface area contributed by atoms with Crippen LogP contribution in [-0.4, -0.2) is 53.0 Å². The van der Waals surface area contributed by atoms with E-state index in [4.69, 9.17) is 14.2 Å². The van der Waals surface area contributed by atoms with Crippen molar-refractivity contribution in [2.24, 2.45) is 5.92 Å². The number of rotatable bonds is 9. The van der Waals surface area contributed by atoms with Crippen molar-refractivity contribution in [2.75, 3.05) is 34.4 Å². The summed E-state index contributed by atoms with van der Waals surface area (Å²) >= 11 is 0. The first-order valence-corrected chi connectivity index (χ1v) is 13.1. The van der Waals surface area contributed by atoms with Crippen LogP contribution in [0.5, 0.6) is 17.2 Å². The summed E-state index contributed by atoms with van der Waals surface area (Å²) in [4.78, 5) is 13.6. The molecule has 37 heavy (non-hydrogen) atoms. The van der Waals surface area contributed by atoms with Crippen LogP contribution in [0.25, 0.3) is 0 Å². The number of hydrogen-bond acceptors (Lipinski definition) is 6. The van der Waals surface area contributed by atoms with Crippen molar-refractivity contribution in [3.8, 4) is 17.2 Å². The van der Waals surface area contributed by atoms with E-state index in [9.17, 15) is 17.6 Å². The minimum Gasteiger partial charge on any atom is -0.493 e. The van der Waals surface area contributed by atoms with Crippen LogP contribution in [0, 0.1) is 11.7 Å². The van der Waals surface area contributed by atoms with E-state index in [-0.39, 0.29) is 36.3 Å². The number of nitrogens with one attached hydrogen (secondary N) is 1. The molecule has 1 fully saturated rings. The lowest BCUT2D eigenvalue weighted by atomic mass is 9.87. The molecule has 1 saturated heterocycles. The Hall–Kier alpha value is -3.63. The van der Waals surface area contributed by atoms with Crippen molar-refractivity contribution < 1.29 is 31.8 Å². The molecule has 10 heteroatoms. The van der Waals surface area contributed by atoms with Gasteiger partial charge in [0.15, 0.2) is 11.5 Å². The van der Waals surface area contributed by atoms with Gasteiger partial charge in [-0.2, -0.15) is 4.31 Å². The fourth-order valence-corrected chi connectivity index (χ4v) is 6.06. The molecule has 3 aromatic carbocycles. The number of halogens is 1. The third-order valence-electron chi connectivity index (χ3n) is 6.50. The fourth-order valence-electron chi connectivity index (χ4n) is 4.55. The van der Waals surface area contributed by atoms with E-state index in [1.807, 2.05) is 0 Å². The van der Waals surface area contributed by atoms with Gasteiger partial charge in [0.25, 0.3) is 0 Å². The van der Waals surface area contributed by atoms with Gasteiger partial charge in [0.2, 0.25) is 21.7 Å². The molecule has 1 aliphatic heterocycles.